The molecule has 1 aliphatic rings. The minimum absolute atomic E-state index is 0.455. The topological polar surface area (TPSA) is 83.0 Å². The molecule has 360 valence electrons. The summed E-state index contributed by atoms with van der Waals surface area (Å²) in [5.74, 6) is 4.07. The van der Waals surface area contributed by atoms with Gasteiger partial charge in [0.1, 0.15) is 0 Å². The maximum atomic E-state index is 5.49. The molecule has 1 aliphatic heterocycles. The summed E-state index contributed by atoms with van der Waals surface area (Å²) >= 11 is 1.87. The molecule has 0 spiro atoms. The van der Waals surface area contributed by atoms with Crippen LogP contribution >= 0.6 is 11.3 Å². The standard InChI is InChI=1S/C15H21NS.C14H21NO.C13H19N3.C13H18N2.C2H6/c1-8(2)12-7-13-15(10(5)11(6)17-13)16-14(12)9(3)4;1-9(2)12-7-11-8-16-6-5-13(11)15-14(12)10(3)4;1-8(2)11-6-10-7-14-16(5)13(10)15-12(11)9(3)4;1-9(2)12-11-7-5-6-8-15(11)14-13(12)10(3)4;1-2/h7-9H,1-6H3;7,9-10H,5-6,8H2,1-4H3;6-9H,1-5H3;5-10H,1-4H3;1-2H3. The Labute approximate surface area is 403 Å². The minimum atomic E-state index is 0.455. The van der Waals surface area contributed by atoms with Crippen molar-refractivity contribution in [2.45, 2.75) is 199 Å². The number of hydrogen-bond donors (Lipinski definition) is 0. The van der Waals surface area contributed by atoms with E-state index in [0.717, 1.165) is 30.7 Å². The van der Waals surface area contributed by atoms with Gasteiger partial charge in [0.25, 0.3) is 0 Å². The molecular formula is C57H85N7OS. The van der Waals surface area contributed by atoms with E-state index in [1.165, 1.54) is 82.5 Å². The van der Waals surface area contributed by atoms with Crippen molar-refractivity contribution in [1.29, 1.82) is 0 Å². The van der Waals surface area contributed by atoms with Crippen molar-refractivity contribution < 1.29 is 4.74 Å². The number of fused-ring (bicyclic) bond motifs is 4. The second kappa shape index (κ2) is 24.0. The Bertz CT molecular complexity index is 2600. The number of aryl methyl sites for hydroxylation is 3. The average molecular weight is 916 g/mol. The van der Waals surface area contributed by atoms with Gasteiger partial charge in [-0.15, -0.1) is 11.3 Å². The van der Waals surface area contributed by atoms with Crippen LogP contribution in [0.5, 0.6) is 0 Å². The van der Waals surface area contributed by atoms with Gasteiger partial charge in [0.05, 0.1) is 40.8 Å². The summed E-state index contributed by atoms with van der Waals surface area (Å²) in [4.78, 5) is 15.9. The lowest BCUT2D eigenvalue weighted by atomic mass is 9.92. The highest BCUT2D eigenvalue weighted by molar-refractivity contribution is 7.19. The highest BCUT2D eigenvalue weighted by Gasteiger charge is 2.20. The molecular weight excluding hydrogens is 831 g/mol. The molecule has 9 heteroatoms. The molecule has 0 fully saturated rings. The monoisotopic (exact) mass is 916 g/mol. The maximum Gasteiger partial charge on any atom is 0.157 e. The van der Waals surface area contributed by atoms with Crippen LogP contribution in [-0.2, 0) is 24.8 Å². The van der Waals surface area contributed by atoms with Gasteiger partial charge < -0.3 is 4.74 Å². The lowest BCUT2D eigenvalue weighted by Crippen LogP contribution is -2.15. The molecule has 0 radical (unpaired) electrons. The fraction of sp³-hybridized carbons (Fsp3) is 0.561. The second-order valence-corrected chi connectivity index (χ2v) is 21.4. The average Bonchev–Trinajstić information content (AvgIpc) is 3.95. The first-order valence-corrected chi connectivity index (χ1v) is 25.7. The molecule has 0 N–H and O–H groups in total. The number of nitrogens with zero attached hydrogens (tertiary/aromatic N) is 7. The molecule has 0 aliphatic carbocycles. The van der Waals surface area contributed by atoms with Crippen molar-refractivity contribution in [2.75, 3.05) is 6.61 Å². The van der Waals surface area contributed by atoms with Gasteiger partial charge >= 0.3 is 0 Å². The highest BCUT2D eigenvalue weighted by Crippen LogP contribution is 2.35. The SMILES string of the molecule is CC.CC(C)c1cc2c(nc1C(C)C)CCOC2.CC(C)c1cc2cnn(C)c2nc1C(C)C.CC(C)c1nn2ccccc2c1C(C)C.Cc1sc2cc(C(C)C)c(C(C)C)nc2c1C. The van der Waals surface area contributed by atoms with Gasteiger partial charge in [-0.05, 0) is 119 Å². The molecule has 0 saturated heterocycles. The van der Waals surface area contributed by atoms with Crippen LogP contribution in [0.15, 0.2) is 48.8 Å². The molecule has 7 aromatic heterocycles. The van der Waals surface area contributed by atoms with Gasteiger partial charge in [-0.2, -0.15) is 10.2 Å². The number of hydrogen-bond acceptors (Lipinski definition) is 7. The third-order valence-corrected chi connectivity index (χ3v) is 13.3. The van der Waals surface area contributed by atoms with Gasteiger partial charge in [0, 0.05) is 58.3 Å². The number of pyridine rings is 4. The van der Waals surface area contributed by atoms with Gasteiger partial charge in [-0.25, -0.2) is 9.50 Å². The summed E-state index contributed by atoms with van der Waals surface area (Å²) in [7, 11) is 1.94. The van der Waals surface area contributed by atoms with Crippen molar-refractivity contribution in [3.8, 4) is 0 Å². The van der Waals surface area contributed by atoms with E-state index in [4.69, 9.17) is 19.7 Å². The van der Waals surface area contributed by atoms with Crippen LogP contribution in [0.1, 0.15) is 239 Å². The fourth-order valence-corrected chi connectivity index (χ4v) is 9.59. The maximum absolute atomic E-state index is 5.49. The van der Waals surface area contributed by atoms with Crippen LogP contribution in [0.25, 0.3) is 26.8 Å². The van der Waals surface area contributed by atoms with Crippen LogP contribution < -0.4 is 0 Å². The Morgan fingerprint density at radius 1 is 0.621 bits per heavy atom. The zero-order valence-corrected chi connectivity index (χ0v) is 45.6. The first-order valence-electron chi connectivity index (χ1n) is 24.9. The first kappa shape index (κ1) is 54.1. The van der Waals surface area contributed by atoms with E-state index >= 15 is 0 Å². The summed E-state index contributed by atoms with van der Waals surface area (Å²) in [6.45, 7) is 45.5. The Balaban J connectivity index is 0.000000190. The van der Waals surface area contributed by atoms with Crippen molar-refractivity contribution in [2.24, 2.45) is 7.05 Å². The smallest absolute Gasteiger partial charge is 0.157 e. The second-order valence-electron chi connectivity index (χ2n) is 20.2. The van der Waals surface area contributed by atoms with Crippen LogP contribution in [0.2, 0.25) is 0 Å². The summed E-state index contributed by atoms with van der Waals surface area (Å²) in [6.07, 6.45) is 4.87. The number of ether oxygens (including phenoxy) is 1. The Morgan fingerprint density at radius 2 is 1.17 bits per heavy atom. The van der Waals surface area contributed by atoms with Crippen molar-refractivity contribution in [1.82, 2.24) is 34.3 Å². The van der Waals surface area contributed by atoms with Crippen LogP contribution in [0.3, 0.4) is 0 Å². The first-order chi connectivity index (χ1) is 31.1. The lowest BCUT2D eigenvalue weighted by Gasteiger charge is -2.22. The zero-order valence-electron chi connectivity index (χ0n) is 44.8. The van der Waals surface area contributed by atoms with E-state index in [9.17, 15) is 0 Å². The molecule has 0 aromatic carbocycles. The Morgan fingerprint density at radius 3 is 1.73 bits per heavy atom. The van der Waals surface area contributed by atoms with Crippen LogP contribution in [0.4, 0.5) is 0 Å². The van der Waals surface area contributed by atoms with E-state index < -0.39 is 0 Å². The molecule has 0 unspecified atom stereocenters. The summed E-state index contributed by atoms with van der Waals surface area (Å²) in [5, 5.41) is 10.0. The molecule has 0 amide bonds. The third kappa shape index (κ3) is 12.7. The molecule has 66 heavy (non-hydrogen) atoms. The van der Waals surface area contributed by atoms with Crippen LogP contribution in [0, 0.1) is 13.8 Å². The fourth-order valence-electron chi connectivity index (χ4n) is 8.53. The lowest BCUT2D eigenvalue weighted by molar-refractivity contribution is 0.109. The van der Waals surface area contributed by atoms with Crippen molar-refractivity contribution in [3.63, 3.8) is 0 Å². The predicted octanol–water partition coefficient (Wildman–Crippen LogP) is 16.4. The Hall–Kier alpha value is -4.47. The molecule has 0 bridgehead atoms. The summed E-state index contributed by atoms with van der Waals surface area (Å²) < 4.78 is 10.7. The van der Waals surface area contributed by atoms with Gasteiger partial charge in [0.2, 0.25) is 0 Å². The third-order valence-electron chi connectivity index (χ3n) is 12.2. The van der Waals surface area contributed by atoms with E-state index in [1.54, 1.807) is 0 Å². The van der Waals surface area contributed by atoms with Gasteiger partial charge in [-0.3, -0.25) is 14.6 Å². The molecule has 0 atom stereocenters. The van der Waals surface area contributed by atoms with E-state index in [-0.39, 0.29) is 0 Å². The molecule has 8 heterocycles. The van der Waals surface area contributed by atoms with E-state index in [2.05, 4.69) is 165 Å². The van der Waals surface area contributed by atoms with E-state index in [0.29, 0.717) is 47.3 Å². The number of thiophene rings is 1. The quantitative estimate of drug-likeness (QED) is 0.151. The Kier molecular flexibility index (Phi) is 19.7. The minimum Gasteiger partial charge on any atom is -0.376 e. The largest absolute Gasteiger partial charge is 0.376 e. The molecule has 8 rings (SSSR count). The number of rotatable bonds is 8. The van der Waals surface area contributed by atoms with E-state index in [1.807, 2.05) is 59.9 Å². The molecule has 0 saturated carbocycles. The molecule has 7 aromatic rings. The zero-order chi connectivity index (χ0) is 49.3. The molecule has 8 nitrogen and oxygen atoms in total. The summed E-state index contributed by atoms with van der Waals surface area (Å²) in [6, 6.07) is 13.1. The predicted molar refractivity (Wildman–Crippen MR) is 284 cm³/mol. The van der Waals surface area contributed by atoms with Crippen molar-refractivity contribution >= 4 is 38.1 Å². The van der Waals surface area contributed by atoms with Gasteiger partial charge in [0.15, 0.2) is 5.65 Å². The highest BCUT2D eigenvalue weighted by atomic mass is 32.1. The van der Waals surface area contributed by atoms with Gasteiger partial charge in [-0.1, -0.05) is 131 Å². The summed E-state index contributed by atoms with van der Waals surface area (Å²) in [5.41, 5.74) is 17.8. The van der Waals surface area contributed by atoms with Crippen molar-refractivity contribution in [3.05, 3.63) is 116 Å². The number of aromatic nitrogens is 7. The normalized spacial score (nSPS) is 12.6. The van der Waals surface area contributed by atoms with Crippen LogP contribution in [-0.4, -0.2) is 41.0 Å².